The van der Waals surface area contributed by atoms with Crippen LogP contribution in [0.3, 0.4) is 0 Å². The SMILES string of the molecule is CC1(C)C(=O)N(Cl)C2(CCC2)N1Cl. The van der Waals surface area contributed by atoms with E-state index in [9.17, 15) is 4.79 Å². The van der Waals surface area contributed by atoms with Crippen LogP contribution in [0.1, 0.15) is 33.1 Å². The van der Waals surface area contributed by atoms with E-state index in [4.69, 9.17) is 23.6 Å². The third-order valence-corrected chi connectivity index (χ3v) is 4.28. The Morgan fingerprint density at radius 2 is 1.85 bits per heavy atom. The minimum absolute atomic E-state index is 0.108. The Hall–Kier alpha value is 0.01000. The van der Waals surface area contributed by atoms with Gasteiger partial charge in [0.25, 0.3) is 5.91 Å². The molecule has 0 bridgehead atoms. The fraction of sp³-hybridized carbons (Fsp3) is 0.875. The maximum atomic E-state index is 11.7. The molecule has 0 aromatic carbocycles. The van der Waals surface area contributed by atoms with Crippen molar-refractivity contribution in [2.45, 2.75) is 44.3 Å². The summed E-state index contributed by atoms with van der Waals surface area (Å²) in [4.78, 5) is 11.7. The molecule has 13 heavy (non-hydrogen) atoms. The molecule has 0 aromatic heterocycles. The predicted molar refractivity (Wildman–Crippen MR) is 51.1 cm³/mol. The monoisotopic (exact) mass is 222 g/mol. The molecule has 0 unspecified atom stereocenters. The van der Waals surface area contributed by atoms with Gasteiger partial charge in [-0.2, -0.15) is 4.42 Å². The van der Waals surface area contributed by atoms with E-state index >= 15 is 0 Å². The van der Waals surface area contributed by atoms with Gasteiger partial charge in [0, 0.05) is 11.8 Å². The molecule has 3 nitrogen and oxygen atoms in total. The summed E-state index contributed by atoms with van der Waals surface area (Å²) in [7, 11) is 0. The molecule has 0 atom stereocenters. The lowest BCUT2D eigenvalue weighted by Crippen LogP contribution is -2.54. The maximum absolute atomic E-state index is 11.7. The molecule has 1 aliphatic carbocycles. The zero-order valence-electron chi connectivity index (χ0n) is 7.68. The Balaban J connectivity index is 2.39. The summed E-state index contributed by atoms with van der Waals surface area (Å²) >= 11 is 12.1. The van der Waals surface area contributed by atoms with Gasteiger partial charge in [0.05, 0.1) is 0 Å². The largest absolute Gasteiger partial charge is 0.271 e. The number of rotatable bonds is 0. The highest BCUT2D eigenvalue weighted by Crippen LogP contribution is 2.52. The summed E-state index contributed by atoms with van der Waals surface area (Å²) < 4.78 is 2.86. The van der Waals surface area contributed by atoms with Gasteiger partial charge in [-0.05, 0) is 44.9 Å². The summed E-state index contributed by atoms with van der Waals surface area (Å²) in [6.07, 6.45) is 2.82. The summed E-state index contributed by atoms with van der Waals surface area (Å²) in [5.74, 6) is -0.108. The molecule has 1 saturated carbocycles. The van der Waals surface area contributed by atoms with Crippen molar-refractivity contribution in [1.82, 2.24) is 8.84 Å². The quantitative estimate of drug-likeness (QED) is 0.587. The van der Waals surface area contributed by atoms with Crippen LogP contribution in [0.5, 0.6) is 0 Å². The third kappa shape index (κ3) is 0.928. The summed E-state index contributed by atoms with van der Waals surface area (Å²) in [5.41, 5.74) is -1.09. The molecular weight excluding hydrogens is 211 g/mol. The highest BCUT2D eigenvalue weighted by Gasteiger charge is 2.63. The van der Waals surface area contributed by atoms with E-state index in [0.717, 1.165) is 19.3 Å². The number of carbonyl (C=O) groups excluding carboxylic acids is 1. The highest BCUT2D eigenvalue weighted by atomic mass is 35.5. The summed E-state index contributed by atoms with van der Waals surface area (Å²) in [6, 6.07) is 0. The van der Waals surface area contributed by atoms with Crippen LogP contribution in [0, 0.1) is 0 Å². The van der Waals surface area contributed by atoms with Gasteiger partial charge in [0.2, 0.25) is 0 Å². The van der Waals surface area contributed by atoms with Crippen LogP contribution in [-0.4, -0.2) is 25.9 Å². The van der Waals surface area contributed by atoms with Gasteiger partial charge in [-0.1, -0.05) is 0 Å². The normalized spacial score (nSPS) is 31.1. The molecular formula is C8H12Cl2N2O. The van der Waals surface area contributed by atoms with Gasteiger partial charge in [0.1, 0.15) is 11.2 Å². The summed E-state index contributed by atoms with van der Waals surface area (Å²) in [5, 5.41) is 0. The van der Waals surface area contributed by atoms with E-state index in [2.05, 4.69) is 0 Å². The molecule has 1 aliphatic heterocycles. The molecule has 1 amide bonds. The molecule has 0 radical (unpaired) electrons. The van der Waals surface area contributed by atoms with Crippen molar-refractivity contribution in [3.05, 3.63) is 0 Å². The Bertz CT molecular complexity index is 263. The first-order chi connectivity index (χ1) is 5.93. The van der Waals surface area contributed by atoms with Crippen LogP contribution in [0.25, 0.3) is 0 Å². The highest BCUT2D eigenvalue weighted by molar-refractivity contribution is 6.27. The number of nitrogens with zero attached hydrogens (tertiary/aromatic N) is 2. The number of carbonyl (C=O) groups is 1. The predicted octanol–water partition coefficient (Wildman–Crippen LogP) is 2.10. The Labute approximate surface area is 87.8 Å². The van der Waals surface area contributed by atoms with Crippen LogP contribution < -0.4 is 0 Å². The van der Waals surface area contributed by atoms with Crippen LogP contribution in [0.4, 0.5) is 0 Å². The van der Waals surface area contributed by atoms with E-state index in [-0.39, 0.29) is 5.91 Å². The van der Waals surface area contributed by atoms with E-state index in [1.807, 2.05) is 0 Å². The first-order valence-corrected chi connectivity index (χ1v) is 5.07. The first-order valence-electron chi connectivity index (χ1n) is 4.39. The Morgan fingerprint density at radius 1 is 1.31 bits per heavy atom. The molecule has 2 aliphatic rings. The minimum Gasteiger partial charge on any atom is -0.271 e. The van der Waals surface area contributed by atoms with Gasteiger partial charge < -0.3 is 0 Å². The number of halogens is 2. The smallest absolute Gasteiger partial charge is 0.259 e. The Morgan fingerprint density at radius 3 is 2.00 bits per heavy atom. The van der Waals surface area contributed by atoms with Gasteiger partial charge in [0.15, 0.2) is 0 Å². The van der Waals surface area contributed by atoms with E-state index in [1.54, 1.807) is 18.3 Å². The molecule has 1 saturated heterocycles. The van der Waals surface area contributed by atoms with Crippen molar-refractivity contribution in [3.63, 3.8) is 0 Å². The second-order valence-electron chi connectivity index (χ2n) is 4.26. The van der Waals surface area contributed by atoms with Crippen molar-refractivity contribution in [3.8, 4) is 0 Å². The molecule has 0 aromatic rings. The van der Waals surface area contributed by atoms with Gasteiger partial charge in [-0.3, -0.25) is 4.79 Å². The van der Waals surface area contributed by atoms with Gasteiger partial charge in [-0.15, -0.1) is 0 Å². The molecule has 2 rings (SSSR count). The third-order valence-electron chi connectivity index (χ3n) is 3.08. The molecule has 1 spiro atoms. The molecule has 0 N–H and O–H groups in total. The van der Waals surface area contributed by atoms with Crippen LogP contribution in [0.2, 0.25) is 0 Å². The Kier molecular flexibility index (Phi) is 1.86. The molecule has 5 heteroatoms. The lowest BCUT2D eigenvalue weighted by molar-refractivity contribution is -0.129. The second-order valence-corrected chi connectivity index (χ2v) is 4.94. The fourth-order valence-electron chi connectivity index (χ4n) is 2.00. The standard InChI is InChI=1S/C8H12Cl2N2O/c1-7(2)6(13)11(9)8(12(7)10)4-3-5-8/h3-5H2,1-2H3. The number of hydrogen-bond acceptors (Lipinski definition) is 2. The molecule has 74 valence electrons. The lowest BCUT2D eigenvalue weighted by atomic mass is 9.85. The van der Waals surface area contributed by atoms with Crippen LogP contribution in [0.15, 0.2) is 0 Å². The van der Waals surface area contributed by atoms with Crippen molar-refractivity contribution in [2.75, 3.05) is 0 Å². The number of hydrogen-bond donors (Lipinski definition) is 0. The zero-order chi connectivity index (χ0) is 9.85. The number of amides is 1. The van der Waals surface area contributed by atoms with Gasteiger partial charge in [-0.25, -0.2) is 4.42 Å². The van der Waals surface area contributed by atoms with E-state index in [0.29, 0.717) is 0 Å². The van der Waals surface area contributed by atoms with Crippen molar-refractivity contribution < 1.29 is 4.79 Å². The van der Waals surface area contributed by atoms with Gasteiger partial charge >= 0.3 is 0 Å². The van der Waals surface area contributed by atoms with Crippen molar-refractivity contribution in [2.24, 2.45) is 0 Å². The summed E-state index contributed by atoms with van der Waals surface area (Å²) in [6.45, 7) is 3.59. The second kappa shape index (κ2) is 2.53. The van der Waals surface area contributed by atoms with E-state index in [1.165, 1.54) is 4.42 Å². The lowest BCUT2D eigenvalue weighted by Gasteiger charge is -2.45. The van der Waals surface area contributed by atoms with Crippen molar-refractivity contribution in [1.29, 1.82) is 0 Å². The molecule has 1 heterocycles. The average molecular weight is 223 g/mol. The zero-order valence-corrected chi connectivity index (χ0v) is 9.19. The fourth-order valence-corrected chi connectivity index (χ4v) is 2.80. The first kappa shape index (κ1) is 9.56. The maximum Gasteiger partial charge on any atom is 0.259 e. The average Bonchev–Trinajstić information content (AvgIpc) is 2.11. The van der Waals surface area contributed by atoms with Crippen LogP contribution in [-0.2, 0) is 4.79 Å². The minimum atomic E-state index is -0.677. The van der Waals surface area contributed by atoms with Crippen LogP contribution >= 0.6 is 23.6 Å². The topological polar surface area (TPSA) is 23.6 Å². The molecule has 2 fully saturated rings. The van der Waals surface area contributed by atoms with Crippen molar-refractivity contribution >= 4 is 29.5 Å². The van der Waals surface area contributed by atoms with E-state index < -0.39 is 11.2 Å².